The SMILES string of the molecule is N#Cc1ccc(NC(=O)Cn2cnc(-c3ccc([N+](=O)[O-])cc3)n2)cc1Cl. The van der Waals surface area contributed by atoms with E-state index >= 15 is 0 Å². The first-order chi connectivity index (χ1) is 13.0. The van der Waals surface area contributed by atoms with Gasteiger partial charge in [-0.05, 0) is 30.3 Å². The summed E-state index contributed by atoms with van der Waals surface area (Å²) in [7, 11) is 0. The normalized spacial score (nSPS) is 10.2. The van der Waals surface area contributed by atoms with Gasteiger partial charge < -0.3 is 5.32 Å². The van der Waals surface area contributed by atoms with Crippen LogP contribution in [-0.4, -0.2) is 25.6 Å². The number of benzene rings is 2. The van der Waals surface area contributed by atoms with E-state index in [2.05, 4.69) is 15.4 Å². The lowest BCUT2D eigenvalue weighted by molar-refractivity contribution is -0.384. The van der Waals surface area contributed by atoms with Gasteiger partial charge in [0.05, 0.1) is 15.5 Å². The predicted molar refractivity (Wildman–Crippen MR) is 96.9 cm³/mol. The molecule has 9 nitrogen and oxygen atoms in total. The molecular weight excluding hydrogens is 372 g/mol. The standard InChI is InChI=1S/C17H11ClN6O3/c18-15-7-13(4-1-12(15)8-19)21-16(25)9-23-10-20-17(22-23)11-2-5-14(6-3-11)24(26)27/h1-7,10H,9H2,(H,21,25). The van der Waals surface area contributed by atoms with E-state index in [1.54, 1.807) is 6.07 Å². The highest BCUT2D eigenvalue weighted by atomic mass is 35.5. The minimum absolute atomic E-state index is 0.0290. The minimum atomic E-state index is -0.491. The summed E-state index contributed by atoms with van der Waals surface area (Å²) < 4.78 is 1.34. The minimum Gasteiger partial charge on any atom is -0.324 e. The van der Waals surface area contributed by atoms with Gasteiger partial charge in [0, 0.05) is 23.4 Å². The van der Waals surface area contributed by atoms with Crippen LogP contribution in [0.5, 0.6) is 0 Å². The van der Waals surface area contributed by atoms with Gasteiger partial charge >= 0.3 is 0 Å². The Labute approximate surface area is 158 Å². The molecule has 0 spiro atoms. The maximum atomic E-state index is 12.1. The van der Waals surface area contributed by atoms with Crippen molar-refractivity contribution in [1.82, 2.24) is 14.8 Å². The number of nitrogens with one attached hydrogen (secondary N) is 1. The monoisotopic (exact) mass is 382 g/mol. The molecule has 0 fully saturated rings. The summed E-state index contributed by atoms with van der Waals surface area (Å²) >= 11 is 5.93. The van der Waals surface area contributed by atoms with Crippen molar-refractivity contribution in [3.63, 3.8) is 0 Å². The highest BCUT2D eigenvalue weighted by molar-refractivity contribution is 6.32. The van der Waals surface area contributed by atoms with Crippen LogP contribution < -0.4 is 5.32 Å². The molecule has 0 aliphatic heterocycles. The van der Waals surface area contributed by atoms with Crippen LogP contribution in [0.3, 0.4) is 0 Å². The second-order valence-corrected chi connectivity index (χ2v) is 5.83. The molecule has 1 amide bonds. The number of nitrogens with zero attached hydrogens (tertiary/aromatic N) is 5. The molecule has 1 N–H and O–H groups in total. The van der Waals surface area contributed by atoms with Crippen molar-refractivity contribution in [2.24, 2.45) is 0 Å². The lowest BCUT2D eigenvalue weighted by Gasteiger charge is -2.06. The number of hydrogen-bond donors (Lipinski definition) is 1. The first kappa shape index (κ1) is 18.0. The summed E-state index contributed by atoms with van der Waals surface area (Å²) in [4.78, 5) is 26.4. The molecule has 1 heterocycles. The second-order valence-electron chi connectivity index (χ2n) is 5.42. The number of aromatic nitrogens is 3. The van der Waals surface area contributed by atoms with Crippen LogP contribution in [0.4, 0.5) is 11.4 Å². The molecule has 3 rings (SSSR count). The van der Waals surface area contributed by atoms with Crippen LogP contribution in [0.2, 0.25) is 5.02 Å². The molecular formula is C17H11ClN6O3. The average Bonchev–Trinajstić information content (AvgIpc) is 3.10. The smallest absolute Gasteiger partial charge is 0.269 e. The van der Waals surface area contributed by atoms with Crippen molar-refractivity contribution in [3.8, 4) is 17.5 Å². The van der Waals surface area contributed by atoms with E-state index in [9.17, 15) is 14.9 Å². The fraction of sp³-hybridized carbons (Fsp3) is 0.0588. The second kappa shape index (κ2) is 7.63. The number of non-ortho nitro benzene ring substituents is 1. The molecule has 0 saturated carbocycles. The summed E-state index contributed by atoms with van der Waals surface area (Å²) in [6.45, 7) is -0.0857. The summed E-state index contributed by atoms with van der Waals surface area (Å²) in [6.07, 6.45) is 1.39. The highest BCUT2D eigenvalue weighted by Crippen LogP contribution is 2.21. The molecule has 0 saturated heterocycles. The lowest BCUT2D eigenvalue weighted by atomic mass is 10.2. The van der Waals surface area contributed by atoms with E-state index in [1.165, 1.54) is 47.4 Å². The van der Waals surface area contributed by atoms with E-state index in [0.717, 1.165) is 0 Å². The number of halogens is 1. The van der Waals surface area contributed by atoms with Crippen molar-refractivity contribution < 1.29 is 9.72 Å². The fourth-order valence-electron chi connectivity index (χ4n) is 2.27. The average molecular weight is 383 g/mol. The third kappa shape index (κ3) is 4.26. The molecule has 0 atom stereocenters. The molecule has 27 heavy (non-hydrogen) atoms. The van der Waals surface area contributed by atoms with E-state index in [-0.39, 0.29) is 23.2 Å². The van der Waals surface area contributed by atoms with Crippen molar-refractivity contribution in [2.45, 2.75) is 6.54 Å². The summed E-state index contributed by atoms with van der Waals surface area (Å²) in [5, 5.41) is 26.6. The molecule has 3 aromatic rings. The molecule has 0 aliphatic rings. The molecule has 2 aromatic carbocycles. The Kier molecular flexibility index (Phi) is 5.10. The Morgan fingerprint density at radius 3 is 2.67 bits per heavy atom. The van der Waals surface area contributed by atoms with Gasteiger partial charge in [0.1, 0.15) is 18.9 Å². The first-order valence-electron chi connectivity index (χ1n) is 7.60. The van der Waals surface area contributed by atoms with Crippen LogP contribution in [0.25, 0.3) is 11.4 Å². The molecule has 10 heteroatoms. The van der Waals surface area contributed by atoms with Gasteiger partial charge in [-0.15, -0.1) is 0 Å². The number of amides is 1. The van der Waals surface area contributed by atoms with Crippen LogP contribution in [0.1, 0.15) is 5.56 Å². The molecule has 0 radical (unpaired) electrons. The number of hydrogen-bond acceptors (Lipinski definition) is 6. The van der Waals surface area contributed by atoms with Crippen molar-refractivity contribution >= 4 is 28.9 Å². The summed E-state index contributed by atoms with van der Waals surface area (Å²) in [5.74, 6) is -0.00459. The zero-order chi connectivity index (χ0) is 19.4. The molecule has 134 valence electrons. The van der Waals surface area contributed by atoms with Gasteiger partial charge in [0.15, 0.2) is 5.82 Å². The third-order valence-corrected chi connectivity index (χ3v) is 3.86. The zero-order valence-electron chi connectivity index (χ0n) is 13.7. The Morgan fingerprint density at radius 1 is 1.30 bits per heavy atom. The predicted octanol–water partition coefficient (Wildman–Crippen LogP) is 3.02. The molecule has 0 unspecified atom stereocenters. The highest BCUT2D eigenvalue weighted by Gasteiger charge is 2.11. The Morgan fingerprint density at radius 2 is 2.04 bits per heavy atom. The van der Waals surface area contributed by atoms with Crippen LogP contribution >= 0.6 is 11.6 Å². The van der Waals surface area contributed by atoms with E-state index < -0.39 is 4.92 Å². The molecule has 0 bridgehead atoms. The molecule has 0 aliphatic carbocycles. The fourth-order valence-corrected chi connectivity index (χ4v) is 2.49. The number of carbonyl (C=O) groups excluding carboxylic acids is 1. The number of nitriles is 1. The van der Waals surface area contributed by atoms with Crippen molar-refractivity contribution in [1.29, 1.82) is 5.26 Å². The van der Waals surface area contributed by atoms with Crippen molar-refractivity contribution in [2.75, 3.05) is 5.32 Å². The summed E-state index contributed by atoms with van der Waals surface area (Å²) in [6, 6.07) is 12.3. The van der Waals surface area contributed by atoms with E-state index in [0.29, 0.717) is 22.6 Å². The van der Waals surface area contributed by atoms with Gasteiger partial charge in [-0.2, -0.15) is 10.4 Å². The van der Waals surface area contributed by atoms with Crippen molar-refractivity contribution in [3.05, 3.63) is 69.5 Å². The number of nitro benzene ring substituents is 1. The quantitative estimate of drug-likeness (QED) is 0.533. The van der Waals surface area contributed by atoms with Gasteiger partial charge in [-0.3, -0.25) is 14.9 Å². The lowest BCUT2D eigenvalue weighted by Crippen LogP contribution is -2.19. The number of anilines is 1. The van der Waals surface area contributed by atoms with Gasteiger partial charge in [-0.25, -0.2) is 9.67 Å². The van der Waals surface area contributed by atoms with Crippen LogP contribution in [0, 0.1) is 21.4 Å². The van der Waals surface area contributed by atoms with E-state index in [1.807, 2.05) is 6.07 Å². The van der Waals surface area contributed by atoms with E-state index in [4.69, 9.17) is 16.9 Å². The third-order valence-electron chi connectivity index (χ3n) is 3.55. The Hall–Kier alpha value is -3.77. The first-order valence-corrected chi connectivity index (χ1v) is 7.98. The number of rotatable bonds is 5. The van der Waals surface area contributed by atoms with Crippen LogP contribution in [-0.2, 0) is 11.3 Å². The number of nitro groups is 1. The van der Waals surface area contributed by atoms with Gasteiger partial charge in [0.2, 0.25) is 5.91 Å². The topological polar surface area (TPSA) is 127 Å². The number of carbonyl (C=O) groups is 1. The van der Waals surface area contributed by atoms with Gasteiger partial charge in [-0.1, -0.05) is 11.6 Å². The Balaban J connectivity index is 1.66. The van der Waals surface area contributed by atoms with Crippen LogP contribution in [0.15, 0.2) is 48.8 Å². The maximum Gasteiger partial charge on any atom is 0.269 e. The molecule has 1 aromatic heterocycles. The maximum absolute atomic E-state index is 12.1. The van der Waals surface area contributed by atoms with Gasteiger partial charge in [0.25, 0.3) is 5.69 Å². The Bertz CT molecular complexity index is 1060. The largest absolute Gasteiger partial charge is 0.324 e. The summed E-state index contributed by atoms with van der Waals surface area (Å²) in [5.41, 5.74) is 1.34. The zero-order valence-corrected chi connectivity index (χ0v) is 14.4.